The van der Waals surface area contributed by atoms with Crippen LogP contribution in [0.3, 0.4) is 0 Å². The third kappa shape index (κ3) is 2.51. The topological polar surface area (TPSA) is 57.8 Å². The summed E-state index contributed by atoms with van der Waals surface area (Å²) >= 11 is 4.75. The van der Waals surface area contributed by atoms with E-state index in [0.717, 1.165) is 9.35 Å². The molecular formula is C10H10BrN3OS. The van der Waals surface area contributed by atoms with Crippen molar-refractivity contribution in [3.05, 3.63) is 38.8 Å². The third-order valence-electron chi connectivity index (χ3n) is 2.16. The van der Waals surface area contributed by atoms with Crippen LogP contribution in [0.1, 0.15) is 28.2 Å². The molecule has 6 heteroatoms. The minimum absolute atomic E-state index is 0.0490. The van der Waals surface area contributed by atoms with Crippen molar-refractivity contribution in [3.63, 3.8) is 0 Å². The molecule has 0 spiro atoms. The van der Waals surface area contributed by atoms with Gasteiger partial charge in [-0.05, 0) is 35.0 Å². The lowest BCUT2D eigenvalue weighted by Gasteiger charge is -2.10. The maximum atomic E-state index is 11.8. The molecule has 2 N–H and O–H groups in total. The summed E-state index contributed by atoms with van der Waals surface area (Å²) in [6.07, 6.45) is 3.48. The van der Waals surface area contributed by atoms with Crippen LogP contribution in [0, 0.1) is 0 Å². The lowest BCUT2D eigenvalue weighted by atomic mass is 10.2. The van der Waals surface area contributed by atoms with Crippen LogP contribution in [-0.2, 0) is 0 Å². The van der Waals surface area contributed by atoms with Gasteiger partial charge in [0.25, 0.3) is 5.91 Å². The first-order chi connectivity index (χ1) is 7.66. The van der Waals surface area contributed by atoms with Crippen molar-refractivity contribution < 1.29 is 4.79 Å². The number of aromatic nitrogens is 2. The quantitative estimate of drug-likeness (QED) is 0.915. The predicted octanol–water partition coefficient (Wildman–Crippen LogP) is 2.72. The lowest BCUT2D eigenvalue weighted by Crippen LogP contribution is -2.25. The molecule has 2 rings (SSSR count). The third-order valence-corrected chi connectivity index (χ3v) is 3.79. The highest BCUT2D eigenvalue weighted by Gasteiger charge is 2.13. The molecule has 2 aromatic heterocycles. The monoisotopic (exact) mass is 299 g/mol. The normalized spacial score (nSPS) is 12.4. The number of aromatic amines is 1. The highest BCUT2D eigenvalue weighted by atomic mass is 79.9. The van der Waals surface area contributed by atoms with Gasteiger partial charge in [-0.1, -0.05) is 0 Å². The Morgan fingerprint density at radius 3 is 3.00 bits per heavy atom. The van der Waals surface area contributed by atoms with Gasteiger partial charge in [0.05, 0.1) is 20.9 Å². The van der Waals surface area contributed by atoms with Crippen molar-refractivity contribution in [1.29, 1.82) is 0 Å². The van der Waals surface area contributed by atoms with Crippen molar-refractivity contribution in [3.8, 4) is 0 Å². The van der Waals surface area contributed by atoms with Crippen LogP contribution < -0.4 is 5.32 Å². The molecule has 1 atom stereocenters. The van der Waals surface area contributed by atoms with Crippen molar-refractivity contribution in [1.82, 2.24) is 15.5 Å². The van der Waals surface area contributed by atoms with E-state index in [1.165, 1.54) is 11.3 Å². The van der Waals surface area contributed by atoms with E-state index in [2.05, 4.69) is 31.4 Å². The molecule has 0 aromatic carbocycles. The fourth-order valence-corrected chi connectivity index (χ4v) is 2.57. The zero-order chi connectivity index (χ0) is 11.5. The number of thiophene rings is 1. The molecule has 1 amide bonds. The smallest absolute Gasteiger partial charge is 0.261 e. The van der Waals surface area contributed by atoms with Gasteiger partial charge >= 0.3 is 0 Å². The number of halogens is 1. The van der Waals surface area contributed by atoms with Gasteiger partial charge in [-0.3, -0.25) is 9.89 Å². The molecule has 84 valence electrons. The average Bonchev–Trinajstić information content (AvgIpc) is 2.87. The highest BCUT2D eigenvalue weighted by Crippen LogP contribution is 2.22. The number of hydrogen-bond acceptors (Lipinski definition) is 3. The molecule has 0 radical (unpaired) electrons. The van der Waals surface area contributed by atoms with E-state index in [9.17, 15) is 4.79 Å². The summed E-state index contributed by atoms with van der Waals surface area (Å²) in [6.45, 7) is 1.92. The Kier molecular flexibility index (Phi) is 3.40. The van der Waals surface area contributed by atoms with Crippen LogP contribution in [0.15, 0.2) is 28.3 Å². The van der Waals surface area contributed by atoms with Crippen molar-refractivity contribution in [2.45, 2.75) is 13.0 Å². The Labute approximate surface area is 105 Å². The van der Waals surface area contributed by atoms with Gasteiger partial charge in [0.15, 0.2) is 0 Å². The summed E-state index contributed by atoms with van der Waals surface area (Å²) in [6, 6.07) is 3.61. The minimum Gasteiger partial charge on any atom is -0.345 e. The fourth-order valence-electron chi connectivity index (χ4n) is 1.29. The average molecular weight is 300 g/mol. The molecule has 0 saturated heterocycles. The summed E-state index contributed by atoms with van der Waals surface area (Å²) in [4.78, 5) is 12.5. The van der Waals surface area contributed by atoms with E-state index in [0.29, 0.717) is 4.88 Å². The minimum atomic E-state index is -0.0654. The van der Waals surface area contributed by atoms with Crippen LogP contribution in [0.25, 0.3) is 0 Å². The summed E-state index contributed by atoms with van der Waals surface area (Å²) in [5.41, 5.74) is 0.962. The number of H-pyrrole nitrogens is 1. The van der Waals surface area contributed by atoms with E-state index in [1.807, 2.05) is 13.0 Å². The number of amides is 1. The molecular weight excluding hydrogens is 290 g/mol. The van der Waals surface area contributed by atoms with Crippen LogP contribution in [0.2, 0.25) is 0 Å². The number of carbonyl (C=O) groups excluding carboxylic acids is 1. The van der Waals surface area contributed by atoms with Gasteiger partial charge in [0, 0.05) is 11.8 Å². The van der Waals surface area contributed by atoms with Crippen LogP contribution in [0.4, 0.5) is 0 Å². The molecule has 1 unspecified atom stereocenters. The van der Waals surface area contributed by atoms with Crippen LogP contribution in [0.5, 0.6) is 0 Å². The molecule has 0 bridgehead atoms. The van der Waals surface area contributed by atoms with E-state index in [-0.39, 0.29) is 11.9 Å². The Hall–Kier alpha value is -1.14. The standard InChI is InChI=1S/C10H10BrN3OS/c1-6(7-4-12-13-5-7)14-10(15)8-2-3-9(11)16-8/h2-6H,1H3,(H,12,13)(H,14,15). The summed E-state index contributed by atoms with van der Waals surface area (Å²) in [5.74, 6) is -0.0654. The first-order valence-electron chi connectivity index (χ1n) is 4.71. The summed E-state index contributed by atoms with van der Waals surface area (Å²) in [7, 11) is 0. The first kappa shape index (κ1) is 11.3. The van der Waals surface area contributed by atoms with Crippen molar-refractivity contribution in [2.24, 2.45) is 0 Å². The number of nitrogens with one attached hydrogen (secondary N) is 2. The van der Waals surface area contributed by atoms with Crippen LogP contribution in [-0.4, -0.2) is 16.1 Å². The van der Waals surface area contributed by atoms with E-state index < -0.39 is 0 Å². The predicted molar refractivity (Wildman–Crippen MR) is 66.5 cm³/mol. The maximum Gasteiger partial charge on any atom is 0.261 e. The second kappa shape index (κ2) is 4.80. The maximum absolute atomic E-state index is 11.8. The first-order valence-corrected chi connectivity index (χ1v) is 6.32. The molecule has 0 aliphatic heterocycles. The summed E-state index contributed by atoms with van der Waals surface area (Å²) < 4.78 is 0.952. The van der Waals surface area contributed by atoms with Gasteiger partial charge in [-0.15, -0.1) is 11.3 Å². The fraction of sp³-hybridized carbons (Fsp3) is 0.200. The van der Waals surface area contributed by atoms with Crippen LogP contribution >= 0.6 is 27.3 Å². The molecule has 0 aliphatic carbocycles. The Morgan fingerprint density at radius 1 is 1.62 bits per heavy atom. The largest absolute Gasteiger partial charge is 0.345 e. The van der Waals surface area contributed by atoms with Crippen molar-refractivity contribution in [2.75, 3.05) is 0 Å². The SMILES string of the molecule is CC(NC(=O)c1ccc(Br)s1)c1cn[nH]c1. The Morgan fingerprint density at radius 2 is 2.44 bits per heavy atom. The Balaban J connectivity index is 2.03. The lowest BCUT2D eigenvalue weighted by molar-refractivity contribution is 0.0944. The zero-order valence-corrected chi connectivity index (χ0v) is 10.9. The molecule has 0 saturated carbocycles. The van der Waals surface area contributed by atoms with E-state index in [1.54, 1.807) is 18.5 Å². The van der Waals surface area contributed by atoms with Gasteiger partial charge in [-0.25, -0.2) is 0 Å². The second-order valence-electron chi connectivity index (χ2n) is 3.33. The molecule has 0 fully saturated rings. The molecule has 16 heavy (non-hydrogen) atoms. The van der Waals surface area contributed by atoms with Gasteiger partial charge < -0.3 is 5.32 Å². The molecule has 0 aliphatic rings. The van der Waals surface area contributed by atoms with E-state index in [4.69, 9.17) is 0 Å². The number of nitrogens with zero attached hydrogens (tertiary/aromatic N) is 1. The van der Waals surface area contributed by atoms with Gasteiger partial charge in [0.2, 0.25) is 0 Å². The number of rotatable bonds is 3. The molecule has 2 aromatic rings. The van der Waals surface area contributed by atoms with E-state index >= 15 is 0 Å². The summed E-state index contributed by atoms with van der Waals surface area (Å²) in [5, 5.41) is 9.47. The zero-order valence-electron chi connectivity index (χ0n) is 8.53. The second-order valence-corrected chi connectivity index (χ2v) is 5.79. The number of hydrogen-bond donors (Lipinski definition) is 2. The number of carbonyl (C=O) groups is 1. The van der Waals surface area contributed by atoms with Crippen molar-refractivity contribution >= 4 is 33.2 Å². The Bertz CT molecular complexity index is 480. The van der Waals surface area contributed by atoms with Gasteiger partial charge in [-0.2, -0.15) is 5.10 Å². The molecule has 4 nitrogen and oxygen atoms in total. The molecule has 2 heterocycles. The van der Waals surface area contributed by atoms with Gasteiger partial charge in [0.1, 0.15) is 0 Å². The highest BCUT2D eigenvalue weighted by molar-refractivity contribution is 9.11.